The summed E-state index contributed by atoms with van der Waals surface area (Å²) in [5, 5.41) is 8.07. The maximum absolute atomic E-state index is 5.96. The van der Waals surface area contributed by atoms with Crippen LogP contribution in [0.15, 0.2) is 18.5 Å². The Kier molecular flexibility index (Phi) is 2.91. The van der Waals surface area contributed by atoms with Crippen LogP contribution in [-0.4, -0.2) is 25.6 Å². The summed E-state index contributed by atoms with van der Waals surface area (Å²) in [4.78, 5) is 4.10. The third-order valence-corrected chi connectivity index (χ3v) is 2.36. The Balaban J connectivity index is 2.21. The Morgan fingerprint density at radius 2 is 2.33 bits per heavy atom. The first-order chi connectivity index (χ1) is 7.31. The predicted molar refractivity (Wildman–Crippen MR) is 57.4 cm³/mol. The molecule has 1 unspecified atom stereocenters. The second-order valence-electron chi connectivity index (χ2n) is 3.66. The van der Waals surface area contributed by atoms with E-state index in [1.54, 1.807) is 6.20 Å². The summed E-state index contributed by atoms with van der Waals surface area (Å²) in [6.07, 6.45) is 6.47. The Bertz CT molecular complexity index is 436. The minimum atomic E-state index is 0.155. The van der Waals surface area contributed by atoms with Gasteiger partial charge in [-0.3, -0.25) is 4.40 Å². The second-order valence-corrected chi connectivity index (χ2v) is 3.66. The van der Waals surface area contributed by atoms with Crippen molar-refractivity contribution in [1.29, 1.82) is 0 Å². The summed E-state index contributed by atoms with van der Waals surface area (Å²) in [6.45, 7) is 2.13. The van der Waals surface area contributed by atoms with E-state index in [9.17, 15) is 0 Å². The van der Waals surface area contributed by atoms with Gasteiger partial charge in [0.25, 0.3) is 5.78 Å². The van der Waals surface area contributed by atoms with Gasteiger partial charge in [0.15, 0.2) is 0 Å². The number of fused-ring (bicyclic) bond motifs is 1. The first-order valence-corrected chi connectivity index (χ1v) is 5.21. The van der Waals surface area contributed by atoms with E-state index in [1.807, 2.05) is 16.7 Å². The molecule has 2 aromatic heterocycles. The highest BCUT2D eigenvalue weighted by Gasteiger charge is 2.09. The van der Waals surface area contributed by atoms with Crippen LogP contribution in [-0.2, 0) is 6.42 Å². The molecule has 15 heavy (non-hydrogen) atoms. The van der Waals surface area contributed by atoms with E-state index < -0.39 is 0 Å². The highest BCUT2D eigenvalue weighted by molar-refractivity contribution is 5.26. The van der Waals surface area contributed by atoms with Crippen molar-refractivity contribution in [3.05, 3.63) is 24.3 Å². The number of nitrogens with two attached hydrogens (primary N) is 1. The van der Waals surface area contributed by atoms with Gasteiger partial charge in [-0.05, 0) is 12.5 Å². The predicted octanol–water partition coefficient (Wildman–Crippen LogP) is 0.794. The number of aromatic nitrogens is 4. The summed E-state index contributed by atoms with van der Waals surface area (Å²) < 4.78 is 1.88. The minimum Gasteiger partial charge on any atom is -0.327 e. The van der Waals surface area contributed by atoms with Crippen molar-refractivity contribution in [1.82, 2.24) is 19.6 Å². The molecule has 80 valence electrons. The fourth-order valence-corrected chi connectivity index (χ4v) is 1.64. The van der Waals surface area contributed by atoms with E-state index in [0.29, 0.717) is 5.78 Å². The quantitative estimate of drug-likeness (QED) is 0.801. The van der Waals surface area contributed by atoms with Crippen molar-refractivity contribution < 1.29 is 0 Å². The van der Waals surface area contributed by atoms with Crippen LogP contribution < -0.4 is 5.73 Å². The fourth-order valence-electron chi connectivity index (χ4n) is 1.64. The minimum absolute atomic E-state index is 0.155. The molecule has 0 saturated heterocycles. The van der Waals surface area contributed by atoms with E-state index in [2.05, 4.69) is 22.1 Å². The first-order valence-electron chi connectivity index (χ1n) is 5.21. The van der Waals surface area contributed by atoms with Crippen molar-refractivity contribution in [3.8, 4) is 0 Å². The molecule has 0 radical (unpaired) electrons. The summed E-state index contributed by atoms with van der Waals surface area (Å²) >= 11 is 0. The lowest BCUT2D eigenvalue weighted by molar-refractivity contribution is 0.582. The lowest BCUT2D eigenvalue weighted by Gasteiger charge is -2.07. The topological polar surface area (TPSA) is 69.1 Å². The van der Waals surface area contributed by atoms with E-state index in [1.165, 1.54) is 0 Å². The molecule has 1 atom stereocenters. The van der Waals surface area contributed by atoms with Crippen molar-refractivity contribution in [2.75, 3.05) is 0 Å². The lowest BCUT2D eigenvalue weighted by atomic mass is 10.1. The second kappa shape index (κ2) is 4.35. The number of hydrogen-bond acceptors (Lipinski definition) is 4. The van der Waals surface area contributed by atoms with Crippen molar-refractivity contribution >= 4 is 5.78 Å². The lowest BCUT2D eigenvalue weighted by Crippen LogP contribution is -2.23. The number of nitrogens with zero attached hydrogens (tertiary/aromatic N) is 4. The van der Waals surface area contributed by atoms with Crippen molar-refractivity contribution in [3.63, 3.8) is 0 Å². The van der Waals surface area contributed by atoms with Gasteiger partial charge >= 0.3 is 0 Å². The van der Waals surface area contributed by atoms with Gasteiger partial charge in [-0.25, -0.2) is 4.98 Å². The third-order valence-electron chi connectivity index (χ3n) is 2.36. The van der Waals surface area contributed by atoms with Gasteiger partial charge in [0.1, 0.15) is 5.82 Å². The van der Waals surface area contributed by atoms with E-state index in [-0.39, 0.29) is 6.04 Å². The van der Waals surface area contributed by atoms with E-state index in [0.717, 1.165) is 25.1 Å². The van der Waals surface area contributed by atoms with Gasteiger partial charge < -0.3 is 5.73 Å². The fraction of sp³-hybridized carbons (Fsp3) is 0.500. The standard InChI is InChI=1S/C10H15N5/c1-2-4-8(11)7-9-13-14-10-12-5-3-6-15(9)10/h3,5-6,8H,2,4,7,11H2,1H3. The van der Waals surface area contributed by atoms with Crippen LogP contribution in [0, 0.1) is 0 Å². The molecule has 0 aliphatic heterocycles. The molecule has 0 amide bonds. The molecule has 0 fully saturated rings. The molecule has 0 aliphatic carbocycles. The molecule has 0 saturated carbocycles. The highest BCUT2D eigenvalue weighted by Crippen LogP contribution is 2.05. The van der Waals surface area contributed by atoms with Gasteiger partial charge in [-0.15, -0.1) is 10.2 Å². The molecule has 2 N–H and O–H groups in total. The van der Waals surface area contributed by atoms with Crippen molar-refractivity contribution in [2.45, 2.75) is 32.2 Å². The molecule has 0 aromatic carbocycles. The Hall–Kier alpha value is -1.49. The van der Waals surface area contributed by atoms with Crippen LogP contribution in [0.4, 0.5) is 0 Å². The largest absolute Gasteiger partial charge is 0.327 e. The molecule has 2 heterocycles. The summed E-state index contributed by atoms with van der Waals surface area (Å²) in [5.41, 5.74) is 5.96. The zero-order valence-electron chi connectivity index (χ0n) is 8.80. The zero-order chi connectivity index (χ0) is 10.7. The summed E-state index contributed by atoms with van der Waals surface area (Å²) in [5.74, 6) is 1.52. The highest BCUT2D eigenvalue weighted by atomic mass is 15.3. The third kappa shape index (κ3) is 2.12. The van der Waals surface area contributed by atoms with Crippen LogP contribution in [0.25, 0.3) is 5.78 Å². The maximum atomic E-state index is 5.96. The molecule has 2 rings (SSSR count). The van der Waals surface area contributed by atoms with Gasteiger partial charge in [0, 0.05) is 24.9 Å². The number of hydrogen-bond donors (Lipinski definition) is 1. The van der Waals surface area contributed by atoms with Gasteiger partial charge in [-0.2, -0.15) is 0 Å². The molecule has 0 bridgehead atoms. The summed E-state index contributed by atoms with van der Waals surface area (Å²) in [6, 6.07) is 2.02. The molecule has 5 heteroatoms. The molecule has 0 aliphatic rings. The SMILES string of the molecule is CCCC(N)Cc1nnc2ncccn12. The van der Waals surface area contributed by atoms with Crippen LogP contribution in [0.3, 0.4) is 0 Å². The average Bonchev–Trinajstić information content (AvgIpc) is 2.62. The Morgan fingerprint density at radius 3 is 3.13 bits per heavy atom. The van der Waals surface area contributed by atoms with Crippen LogP contribution in [0.1, 0.15) is 25.6 Å². The van der Waals surface area contributed by atoms with Crippen LogP contribution >= 0.6 is 0 Å². The van der Waals surface area contributed by atoms with E-state index >= 15 is 0 Å². The Labute approximate surface area is 88.3 Å². The molecule has 2 aromatic rings. The molecule has 5 nitrogen and oxygen atoms in total. The van der Waals surface area contributed by atoms with Gasteiger partial charge in [0.05, 0.1) is 0 Å². The van der Waals surface area contributed by atoms with Crippen LogP contribution in [0.2, 0.25) is 0 Å². The average molecular weight is 205 g/mol. The van der Waals surface area contributed by atoms with E-state index in [4.69, 9.17) is 5.73 Å². The summed E-state index contributed by atoms with van der Waals surface area (Å²) in [7, 11) is 0. The van der Waals surface area contributed by atoms with Crippen LogP contribution in [0.5, 0.6) is 0 Å². The normalized spacial score (nSPS) is 13.2. The van der Waals surface area contributed by atoms with Gasteiger partial charge in [0.2, 0.25) is 0 Å². The smallest absolute Gasteiger partial charge is 0.254 e. The number of rotatable bonds is 4. The zero-order valence-corrected chi connectivity index (χ0v) is 8.80. The van der Waals surface area contributed by atoms with Gasteiger partial charge in [-0.1, -0.05) is 13.3 Å². The maximum Gasteiger partial charge on any atom is 0.254 e. The molecule has 0 spiro atoms. The first kappa shape index (κ1) is 10.0. The monoisotopic (exact) mass is 205 g/mol. The molecular formula is C10H15N5. The van der Waals surface area contributed by atoms with Crippen molar-refractivity contribution in [2.24, 2.45) is 5.73 Å². The molecular weight excluding hydrogens is 190 g/mol. The Morgan fingerprint density at radius 1 is 1.47 bits per heavy atom.